The van der Waals surface area contributed by atoms with E-state index in [0.29, 0.717) is 26.1 Å². The second-order valence-corrected chi connectivity index (χ2v) is 8.71. The van der Waals surface area contributed by atoms with Gasteiger partial charge in [-0.25, -0.2) is 0 Å². The van der Waals surface area contributed by atoms with Crippen LogP contribution in [0.25, 0.3) is 0 Å². The third kappa shape index (κ3) is 17.8. The van der Waals surface area contributed by atoms with Gasteiger partial charge in [-0.3, -0.25) is 9.59 Å². The molecule has 30 heavy (non-hydrogen) atoms. The van der Waals surface area contributed by atoms with Crippen LogP contribution < -0.4 is 0 Å². The van der Waals surface area contributed by atoms with Crippen LogP contribution in [-0.2, 0) is 19.1 Å². The van der Waals surface area contributed by atoms with Crippen molar-refractivity contribution in [2.75, 3.05) is 13.2 Å². The molecule has 0 N–H and O–H groups in total. The van der Waals surface area contributed by atoms with Gasteiger partial charge >= 0.3 is 11.9 Å². The molecular weight excluding hydrogens is 376 g/mol. The molecule has 0 fully saturated rings. The van der Waals surface area contributed by atoms with E-state index in [9.17, 15) is 9.59 Å². The second kappa shape index (κ2) is 21.2. The van der Waals surface area contributed by atoms with E-state index in [0.717, 1.165) is 76.0 Å². The first kappa shape index (κ1) is 28.9. The van der Waals surface area contributed by atoms with Crippen molar-refractivity contribution < 1.29 is 19.1 Å². The summed E-state index contributed by atoms with van der Waals surface area (Å²) in [6, 6.07) is 0. The van der Waals surface area contributed by atoms with Crippen LogP contribution in [0, 0.1) is 11.8 Å². The normalized spacial score (nSPS) is 11.3. The van der Waals surface area contributed by atoms with Gasteiger partial charge < -0.3 is 9.47 Å². The minimum Gasteiger partial charge on any atom is -0.466 e. The number of ether oxygens (including phenoxy) is 2. The molecule has 0 aliphatic carbocycles. The van der Waals surface area contributed by atoms with Gasteiger partial charge in [0, 0.05) is 12.8 Å². The Hall–Kier alpha value is -1.06. The lowest BCUT2D eigenvalue weighted by atomic mass is 9.98. The Morgan fingerprint density at radius 1 is 0.533 bits per heavy atom. The van der Waals surface area contributed by atoms with Gasteiger partial charge in [-0.2, -0.15) is 0 Å². The average molecular weight is 427 g/mol. The molecule has 0 aromatic rings. The zero-order valence-corrected chi connectivity index (χ0v) is 20.5. The quantitative estimate of drug-likeness (QED) is 0.140. The van der Waals surface area contributed by atoms with Crippen molar-refractivity contribution in [3.63, 3.8) is 0 Å². The molecule has 4 heteroatoms. The molecule has 0 amide bonds. The lowest BCUT2D eigenvalue weighted by Gasteiger charge is -2.11. The van der Waals surface area contributed by atoms with Crippen molar-refractivity contribution >= 4 is 11.9 Å². The van der Waals surface area contributed by atoms with Crippen LogP contribution in [0.1, 0.15) is 130 Å². The number of carbonyl (C=O) groups excluding carboxylic acids is 2. The highest BCUT2D eigenvalue weighted by Crippen LogP contribution is 2.16. The number of hydrogen-bond acceptors (Lipinski definition) is 4. The molecule has 0 aromatic carbocycles. The first-order chi connectivity index (χ1) is 14.6. The van der Waals surface area contributed by atoms with Gasteiger partial charge in [-0.05, 0) is 50.4 Å². The predicted molar refractivity (Wildman–Crippen MR) is 125 cm³/mol. The van der Waals surface area contributed by atoms with E-state index >= 15 is 0 Å². The van der Waals surface area contributed by atoms with Crippen LogP contribution >= 0.6 is 0 Å². The fourth-order valence-electron chi connectivity index (χ4n) is 3.90. The average Bonchev–Trinajstić information content (AvgIpc) is 2.75. The van der Waals surface area contributed by atoms with E-state index in [1.54, 1.807) is 0 Å². The van der Waals surface area contributed by atoms with E-state index < -0.39 is 0 Å². The van der Waals surface area contributed by atoms with E-state index in [4.69, 9.17) is 9.47 Å². The molecule has 0 aromatic heterocycles. The third-order valence-electron chi connectivity index (χ3n) is 6.36. The lowest BCUT2D eigenvalue weighted by molar-refractivity contribution is -0.145. The van der Waals surface area contributed by atoms with E-state index in [1.165, 1.54) is 25.7 Å². The van der Waals surface area contributed by atoms with Crippen LogP contribution in [0.4, 0.5) is 0 Å². The molecule has 0 rings (SSSR count). The van der Waals surface area contributed by atoms with Gasteiger partial charge in [0.1, 0.15) is 0 Å². The highest BCUT2D eigenvalue weighted by Gasteiger charge is 2.07. The molecule has 0 atom stereocenters. The molecule has 0 bridgehead atoms. The van der Waals surface area contributed by atoms with Crippen molar-refractivity contribution in [3.05, 3.63) is 0 Å². The molecule has 4 nitrogen and oxygen atoms in total. The largest absolute Gasteiger partial charge is 0.466 e. The minimum atomic E-state index is -0.0495. The smallest absolute Gasteiger partial charge is 0.305 e. The van der Waals surface area contributed by atoms with E-state index in [-0.39, 0.29) is 11.9 Å². The lowest BCUT2D eigenvalue weighted by Crippen LogP contribution is -2.07. The Labute approximate surface area is 186 Å². The highest BCUT2D eigenvalue weighted by molar-refractivity contribution is 5.69. The molecular formula is C26H50O4. The molecule has 0 aliphatic heterocycles. The highest BCUT2D eigenvalue weighted by atomic mass is 16.5. The van der Waals surface area contributed by atoms with Gasteiger partial charge in [0.25, 0.3) is 0 Å². The van der Waals surface area contributed by atoms with Gasteiger partial charge in [-0.15, -0.1) is 0 Å². The first-order valence-corrected chi connectivity index (χ1v) is 12.9. The maximum atomic E-state index is 11.7. The van der Waals surface area contributed by atoms with Crippen molar-refractivity contribution in [1.29, 1.82) is 0 Å². The Kier molecular flexibility index (Phi) is 20.4. The van der Waals surface area contributed by atoms with Crippen LogP contribution in [0.3, 0.4) is 0 Å². The first-order valence-electron chi connectivity index (χ1n) is 12.9. The maximum Gasteiger partial charge on any atom is 0.305 e. The van der Waals surface area contributed by atoms with Crippen LogP contribution in [-0.4, -0.2) is 25.2 Å². The molecule has 0 aliphatic rings. The molecule has 0 heterocycles. The Morgan fingerprint density at radius 2 is 0.867 bits per heavy atom. The van der Waals surface area contributed by atoms with Gasteiger partial charge in [-0.1, -0.05) is 79.1 Å². The summed E-state index contributed by atoms with van der Waals surface area (Å²) in [6.07, 6.45) is 16.4. The number of rotatable bonds is 21. The standard InChI is InChI=1S/C26H50O4/c1-5-23(6-2)17-15-21-29-25(27)19-13-11-9-10-12-14-20-26(28)30-22-16-18-24(7-3)8-4/h23-24H,5-22H2,1-4H3. The summed E-state index contributed by atoms with van der Waals surface area (Å²) in [5.41, 5.74) is 0. The van der Waals surface area contributed by atoms with Crippen molar-refractivity contribution in [2.24, 2.45) is 11.8 Å². The molecule has 0 saturated carbocycles. The van der Waals surface area contributed by atoms with Crippen molar-refractivity contribution in [2.45, 2.75) is 130 Å². The second-order valence-electron chi connectivity index (χ2n) is 8.71. The fraction of sp³-hybridized carbons (Fsp3) is 0.923. The zero-order chi connectivity index (χ0) is 22.5. The summed E-state index contributed by atoms with van der Waals surface area (Å²) in [5.74, 6) is 1.44. The number of unbranched alkanes of at least 4 members (excludes halogenated alkanes) is 5. The number of carbonyl (C=O) groups is 2. The van der Waals surface area contributed by atoms with Crippen LogP contribution in [0.15, 0.2) is 0 Å². The Morgan fingerprint density at radius 3 is 1.20 bits per heavy atom. The Balaban J connectivity index is 3.40. The van der Waals surface area contributed by atoms with E-state index in [2.05, 4.69) is 27.7 Å². The van der Waals surface area contributed by atoms with Gasteiger partial charge in [0.05, 0.1) is 13.2 Å². The van der Waals surface area contributed by atoms with Crippen LogP contribution in [0.2, 0.25) is 0 Å². The predicted octanol–water partition coefficient (Wildman–Crippen LogP) is 7.63. The summed E-state index contributed by atoms with van der Waals surface area (Å²) >= 11 is 0. The summed E-state index contributed by atoms with van der Waals surface area (Å²) in [5, 5.41) is 0. The van der Waals surface area contributed by atoms with E-state index in [1.807, 2.05) is 0 Å². The zero-order valence-electron chi connectivity index (χ0n) is 20.5. The summed E-state index contributed by atoms with van der Waals surface area (Å²) in [6.45, 7) is 10.0. The molecule has 0 spiro atoms. The molecule has 0 radical (unpaired) electrons. The summed E-state index contributed by atoms with van der Waals surface area (Å²) < 4.78 is 10.7. The summed E-state index contributed by atoms with van der Waals surface area (Å²) in [4.78, 5) is 23.5. The van der Waals surface area contributed by atoms with Crippen molar-refractivity contribution in [3.8, 4) is 0 Å². The SMILES string of the molecule is CCC(CC)CCCOC(=O)CCCCCCCCC(=O)OCCCC(CC)CC. The molecule has 178 valence electrons. The fourth-order valence-corrected chi connectivity index (χ4v) is 3.90. The maximum absolute atomic E-state index is 11.7. The van der Waals surface area contributed by atoms with Gasteiger partial charge in [0.15, 0.2) is 0 Å². The minimum absolute atomic E-state index is 0.0495. The van der Waals surface area contributed by atoms with Crippen LogP contribution in [0.5, 0.6) is 0 Å². The van der Waals surface area contributed by atoms with Crippen molar-refractivity contribution in [1.82, 2.24) is 0 Å². The van der Waals surface area contributed by atoms with Gasteiger partial charge in [0.2, 0.25) is 0 Å². The molecule has 0 saturated heterocycles. The summed E-state index contributed by atoms with van der Waals surface area (Å²) in [7, 11) is 0. The number of esters is 2. The molecule has 0 unspecified atom stereocenters. The topological polar surface area (TPSA) is 52.6 Å². The Bertz CT molecular complexity index is 362. The third-order valence-corrected chi connectivity index (χ3v) is 6.36. The number of hydrogen-bond donors (Lipinski definition) is 0. The monoisotopic (exact) mass is 426 g/mol.